The lowest BCUT2D eigenvalue weighted by atomic mass is 10.1. The predicted molar refractivity (Wildman–Crippen MR) is 114 cm³/mol. The highest BCUT2D eigenvalue weighted by molar-refractivity contribution is 6.05. The van der Waals surface area contributed by atoms with Crippen molar-refractivity contribution in [3.05, 3.63) is 70.1 Å². The molecule has 0 radical (unpaired) electrons. The molecule has 9 nitrogen and oxygen atoms in total. The fraction of sp³-hybridized carbons (Fsp3) is 0.227. The molecule has 1 atom stereocenters. The Hall–Kier alpha value is -4.01. The number of Topliss-reactive ketones (excluding diaryl/α,β-unsaturated/α-hetero) is 1. The summed E-state index contributed by atoms with van der Waals surface area (Å²) in [4.78, 5) is 48.7. The van der Waals surface area contributed by atoms with Crippen LogP contribution in [0.15, 0.2) is 53.3 Å². The maximum atomic E-state index is 12.6. The number of ether oxygens (including phenoxy) is 1. The Bertz CT molecular complexity index is 1200. The molecule has 2 N–H and O–H groups in total. The summed E-state index contributed by atoms with van der Waals surface area (Å²) in [6.07, 6.45) is -0.919. The van der Waals surface area contributed by atoms with E-state index < -0.39 is 17.9 Å². The number of hydrogen-bond donors (Lipinski definition) is 2. The first-order valence-electron chi connectivity index (χ1n) is 9.69. The maximum absolute atomic E-state index is 12.6. The molecular formula is C22H22N4O5. The molecule has 0 aliphatic rings. The van der Waals surface area contributed by atoms with E-state index in [2.05, 4.69) is 16.0 Å². The molecule has 0 bridgehead atoms. The number of fused-ring (bicyclic) bond motifs is 1. The quantitative estimate of drug-likeness (QED) is 0.462. The van der Waals surface area contributed by atoms with Gasteiger partial charge in [-0.2, -0.15) is 5.10 Å². The summed E-state index contributed by atoms with van der Waals surface area (Å²) in [6, 6.07) is 13.0. The molecule has 0 saturated heterocycles. The molecule has 0 fully saturated rings. The van der Waals surface area contributed by atoms with E-state index in [1.54, 1.807) is 55.5 Å². The standard InChI is InChI=1S/C22H22N4O5/c1-4-26-22(30)18-8-6-5-7-17(18)19(25-26)21(29)24-23-20(28)14(3)31-16-11-9-15(10-12-16)13(2)27/h5-12,14H,4H2,1-3H3,(H,23,28)(H,24,29). The van der Waals surface area contributed by atoms with E-state index in [0.717, 1.165) is 0 Å². The summed E-state index contributed by atoms with van der Waals surface area (Å²) in [5.41, 5.74) is 4.87. The summed E-state index contributed by atoms with van der Waals surface area (Å²) in [7, 11) is 0. The number of aromatic nitrogens is 2. The molecule has 0 saturated carbocycles. The highest BCUT2D eigenvalue weighted by Gasteiger charge is 2.19. The molecule has 3 aromatic rings. The van der Waals surface area contributed by atoms with Crippen LogP contribution in [0.25, 0.3) is 10.8 Å². The third-order valence-electron chi connectivity index (χ3n) is 4.62. The van der Waals surface area contributed by atoms with E-state index in [-0.39, 0.29) is 17.0 Å². The minimum atomic E-state index is -0.919. The number of nitrogens with one attached hydrogen (secondary N) is 2. The Labute approximate surface area is 178 Å². The van der Waals surface area contributed by atoms with Gasteiger partial charge >= 0.3 is 0 Å². The van der Waals surface area contributed by atoms with Gasteiger partial charge in [0.25, 0.3) is 17.4 Å². The van der Waals surface area contributed by atoms with E-state index in [1.165, 1.54) is 18.5 Å². The Balaban J connectivity index is 1.69. The van der Waals surface area contributed by atoms with E-state index in [4.69, 9.17) is 4.74 Å². The molecule has 0 aliphatic carbocycles. The van der Waals surface area contributed by atoms with Crippen molar-refractivity contribution >= 4 is 28.4 Å². The van der Waals surface area contributed by atoms with Gasteiger partial charge in [0.2, 0.25) is 0 Å². The second kappa shape index (κ2) is 9.21. The molecule has 0 aliphatic heterocycles. The van der Waals surface area contributed by atoms with Crippen molar-refractivity contribution in [1.29, 1.82) is 0 Å². The number of ketones is 1. The molecule has 0 spiro atoms. The Morgan fingerprint density at radius 3 is 2.29 bits per heavy atom. The SMILES string of the molecule is CCn1nc(C(=O)NNC(=O)C(C)Oc2ccc(C(C)=O)cc2)c2ccccc2c1=O. The Morgan fingerprint density at radius 1 is 1.03 bits per heavy atom. The zero-order chi connectivity index (χ0) is 22.5. The number of hydrazine groups is 1. The summed E-state index contributed by atoms with van der Waals surface area (Å²) >= 11 is 0. The largest absolute Gasteiger partial charge is 0.481 e. The van der Waals surface area contributed by atoms with Gasteiger partial charge in [-0.05, 0) is 51.1 Å². The van der Waals surface area contributed by atoms with Crippen LogP contribution < -0.4 is 21.1 Å². The number of carbonyl (C=O) groups excluding carboxylic acids is 3. The lowest BCUT2D eigenvalue weighted by Gasteiger charge is -2.16. The van der Waals surface area contributed by atoms with Crippen molar-refractivity contribution < 1.29 is 19.1 Å². The predicted octanol–water partition coefficient (Wildman–Crippen LogP) is 1.85. The van der Waals surface area contributed by atoms with Crippen molar-refractivity contribution in [3.63, 3.8) is 0 Å². The summed E-state index contributed by atoms with van der Waals surface area (Å²) in [5, 5.41) is 4.86. The van der Waals surface area contributed by atoms with Gasteiger partial charge in [0.15, 0.2) is 17.6 Å². The van der Waals surface area contributed by atoms with Gasteiger partial charge in [0.1, 0.15) is 5.75 Å². The number of carbonyl (C=O) groups is 3. The fourth-order valence-electron chi connectivity index (χ4n) is 2.92. The smallest absolute Gasteiger partial charge is 0.290 e. The first-order valence-corrected chi connectivity index (χ1v) is 9.69. The van der Waals surface area contributed by atoms with Crippen molar-refractivity contribution in [3.8, 4) is 5.75 Å². The number of nitrogens with zero attached hydrogens (tertiary/aromatic N) is 2. The van der Waals surface area contributed by atoms with Crippen LogP contribution in [0, 0.1) is 0 Å². The highest BCUT2D eigenvalue weighted by atomic mass is 16.5. The first-order chi connectivity index (χ1) is 14.8. The van der Waals surface area contributed by atoms with Gasteiger partial charge < -0.3 is 4.74 Å². The number of aryl methyl sites for hydroxylation is 1. The Kier molecular flexibility index (Phi) is 6.44. The van der Waals surface area contributed by atoms with Gasteiger partial charge in [-0.25, -0.2) is 4.68 Å². The number of hydrogen-bond acceptors (Lipinski definition) is 6. The number of rotatable bonds is 6. The monoisotopic (exact) mass is 422 g/mol. The van der Waals surface area contributed by atoms with Gasteiger partial charge in [0, 0.05) is 17.5 Å². The third-order valence-corrected chi connectivity index (χ3v) is 4.62. The Morgan fingerprint density at radius 2 is 1.68 bits per heavy atom. The average Bonchev–Trinajstić information content (AvgIpc) is 2.78. The topological polar surface area (TPSA) is 119 Å². The van der Waals surface area contributed by atoms with Crippen molar-refractivity contribution in [2.45, 2.75) is 33.4 Å². The molecule has 1 heterocycles. The van der Waals surface area contributed by atoms with Gasteiger partial charge in [-0.1, -0.05) is 18.2 Å². The van der Waals surface area contributed by atoms with Crippen molar-refractivity contribution in [2.24, 2.45) is 0 Å². The zero-order valence-electron chi connectivity index (χ0n) is 17.3. The summed E-state index contributed by atoms with van der Waals surface area (Å²) in [6.45, 7) is 5.02. The minimum absolute atomic E-state index is 0.0192. The molecule has 1 unspecified atom stereocenters. The van der Waals surface area contributed by atoms with Crippen LogP contribution in [-0.4, -0.2) is 33.5 Å². The van der Waals surface area contributed by atoms with Crippen molar-refractivity contribution in [1.82, 2.24) is 20.6 Å². The average molecular weight is 422 g/mol. The van der Waals surface area contributed by atoms with E-state index in [9.17, 15) is 19.2 Å². The molecule has 31 heavy (non-hydrogen) atoms. The van der Waals surface area contributed by atoms with Gasteiger partial charge in [0.05, 0.1) is 5.39 Å². The molecule has 1 aromatic heterocycles. The maximum Gasteiger partial charge on any atom is 0.290 e. The molecule has 2 aromatic carbocycles. The number of amides is 2. The molecule has 2 amide bonds. The molecular weight excluding hydrogens is 400 g/mol. The fourth-order valence-corrected chi connectivity index (χ4v) is 2.92. The van der Waals surface area contributed by atoms with Crippen LogP contribution in [0.1, 0.15) is 41.6 Å². The summed E-state index contributed by atoms with van der Waals surface area (Å²) < 4.78 is 6.73. The zero-order valence-corrected chi connectivity index (χ0v) is 17.3. The second-order valence-electron chi connectivity index (χ2n) is 6.80. The molecule has 3 rings (SSSR count). The molecule has 9 heteroatoms. The lowest BCUT2D eigenvalue weighted by Crippen LogP contribution is -2.47. The van der Waals surface area contributed by atoms with E-state index in [0.29, 0.717) is 28.6 Å². The van der Waals surface area contributed by atoms with Crippen LogP contribution in [0.5, 0.6) is 5.75 Å². The van der Waals surface area contributed by atoms with Crippen LogP contribution in [0.4, 0.5) is 0 Å². The first kappa shape index (κ1) is 21.7. The number of benzene rings is 2. The third kappa shape index (κ3) is 4.77. The van der Waals surface area contributed by atoms with Crippen LogP contribution >= 0.6 is 0 Å². The molecule has 160 valence electrons. The minimum Gasteiger partial charge on any atom is -0.481 e. The van der Waals surface area contributed by atoms with Gasteiger partial charge in [-0.3, -0.25) is 30.0 Å². The normalized spacial score (nSPS) is 11.6. The summed E-state index contributed by atoms with van der Waals surface area (Å²) in [5.74, 6) is -0.917. The van der Waals surface area contributed by atoms with E-state index >= 15 is 0 Å². The van der Waals surface area contributed by atoms with Crippen molar-refractivity contribution in [2.75, 3.05) is 0 Å². The highest BCUT2D eigenvalue weighted by Crippen LogP contribution is 2.15. The van der Waals surface area contributed by atoms with Crippen LogP contribution in [0.2, 0.25) is 0 Å². The van der Waals surface area contributed by atoms with Crippen LogP contribution in [-0.2, 0) is 11.3 Å². The van der Waals surface area contributed by atoms with Crippen LogP contribution in [0.3, 0.4) is 0 Å². The van der Waals surface area contributed by atoms with E-state index in [1.807, 2.05) is 0 Å². The van der Waals surface area contributed by atoms with Gasteiger partial charge in [-0.15, -0.1) is 0 Å². The lowest BCUT2D eigenvalue weighted by molar-refractivity contribution is -0.128. The second-order valence-corrected chi connectivity index (χ2v) is 6.80.